The van der Waals surface area contributed by atoms with Crippen molar-refractivity contribution in [1.29, 1.82) is 0 Å². The lowest BCUT2D eigenvalue weighted by Crippen LogP contribution is -2.35. The summed E-state index contributed by atoms with van der Waals surface area (Å²) in [5.74, 6) is 0.893. The van der Waals surface area contributed by atoms with Crippen LogP contribution in [-0.4, -0.2) is 37.0 Å². The van der Waals surface area contributed by atoms with E-state index in [1.54, 1.807) is 0 Å². The molecule has 1 aromatic rings. The molecule has 1 aliphatic heterocycles. The number of hydrogen-bond donors (Lipinski definition) is 2. The highest BCUT2D eigenvalue weighted by Gasteiger charge is 2.19. The molecule has 1 amide bonds. The molecule has 1 aliphatic rings. The molecule has 23 heavy (non-hydrogen) atoms. The predicted octanol–water partition coefficient (Wildman–Crippen LogP) is 2.32. The molecule has 1 aromatic carbocycles. The van der Waals surface area contributed by atoms with Gasteiger partial charge in [0.05, 0.1) is 0 Å². The Morgan fingerprint density at radius 3 is 2.74 bits per heavy atom. The summed E-state index contributed by atoms with van der Waals surface area (Å²) in [5, 5.41) is 2.95. The maximum Gasteiger partial charge on any atom is 0.219 e. The number of amides is 1. The minimum atomic E-state index is 0.111. The van der Waals surface area contributed by atoms with Gasteiger partial charge in [-0.1, -0.05) is 31.2 Å². The van der Waals surface area contributed by atoms with Crippen molar-refractivity contribution in [3.8, 4) is 0 Å². The summed E-state index contributed by atoms with van der Waals surface area (Å²) in [6.07, 6.45) is 5.36. The molecule has 4 heteroatoms. The Bertz CT molecular complexity index is 481. The Morgan fingerprint density at radius 1 is 1.30 bits per heavy atom. The number of benzene rings is 1. The van der Waals surface area contributed by atoms with Gasteiger partial charge in [-0.3, -0.25) is 4.79 Å². The number of hydrogen-bond acceptors (Lipinski definition) is 3. The van der Waals surface area contributed by atoms with E-state index in [1.165, 1.54) is 37.1 Å². The van der Waals surface area contributed by atoms with Crippen molar-refractivity contribution in [2.75, 3.05) is 26.2 Å². The maximum absolute atomic E-state index is 11.4. The first-order valence-corrected chi connectivity index (χ1v) is 8.98. The molecular formula is C19H31N3O. The number of rotatable bonds is 8. The van der Waals surface area contributed by atoms with Gasteiger partial charge in [0.15, 0.2) is 0 Å². The molecule has 0 spiro atoms. The first-order chi connectivity index (χ1) is 11.2. The zero-order valence-corrected chi connectivity index (χ0v) is 14.4. The molecule has 1 fully saturated rings. The van der Waals surface area contributed by atoms with E-state index in [2.05, 4.69) is 34.5 Å². The van der Waals surface area contributed by atoms with Gasteiger partial charge in [0.2, 0.25) is 5.91 Å². The molecule has 0 radical (unpaired) electrons. The van der Waals surface area contributed by atoms with Gasteiger partial charge in [-0.15, -0.1) is 0 Å². The number of carbonyl (C=O) groups excluding carboxylic acids is 1. The van der Waals surface area contributed by atoms with Crippen molar-refractivity contribution in [2.24, 2.45) is 11.7 Å². The SMILES string of the molecule is CCC(=O)NCc1cccc(CC2CCN(CCCN)CC2)c1. The summed E-state index contributed by atoms with van der Waals surface area (Å²) in [7, 11) is 0. The minimum absolute atomic E-state index is 0.111. The Balaban J connectivity index is 1.78. The van der Waals surface area contributed by atoms with E-state index in [-0.39, 0.29) is 5.91 Å². The molecule has 2 rings (SSSR count). The molecule has 1 heterocycles. The standard InChI is InChI=1S/C19H31N3O/c1-2-19(23)21-15-18-6-3-5-17(14-18)13-16-7-11-22(12-8-16)10-4-9-20/h3,5-6,14,16H,2,4,7-13,15,20H2,1H3,(H,21,23). The highest BCUT2D eigenvalue weighted by molar-refractivity contribution is 5.75. The van der Waals surface area contributed by atoms with Crippen molar-refractivity contribution in [3.05, 3.63) is 35.4 Å². The third-order valence-corrected chi connectivity index (χ3v) is 4.71. The van der Waals surface area contributed by atoms with Crippen molar-refractivity contribution in [2.45, 2.75) is 45.6 Å². The second-order valence-corrected chi connectivity index (χ2v) is 6.58. The lowest BCUT2D eigenvalue weighted by atomic mass is 9.89. The van der Waals surface area contributed by atoms with E-state index in [1.807, 2.05) is 6.92 Å². The fourth-order valence-electron chi connectivity index (χ4n) is 3.25. The maximum atomic E-state index is 11.4. The van der Waals surface area contributed by atoms with Gasteiger partial charge in [-0.25, -0.2) is 0 Å². The van der Waals surface area contributed by atoms with E-state index >= 15 is 0 Å². The van der Waals surface area contributed by atoms with E-state index in [0.717, 1.165) is 31.8 Å². The highest BCUT2D eigenvalue weighted by atomic mass is 16.1. The molecule has 0 saturated carbocycles. The van der Waals surface area contributed by atoms with E-state index in [4.69, 9.17) is 5.73 Å². The molecule has 3 N–H and O–H groups in total. The molecule has 4 nitrogen and oxygen atoms in total. The van der Waals surface area contributed by atoms with Gasteiger partial charge in [-0.2, -0.15) is 0 Å². The zero-order chi connectivity index (χ0) is 16.5. The summed E-state index contributed by atoms with van der Waals surface area (Å²) < 4.78 is 0. The highest BCUT2D eigenvalue weighted by Crippen LogP contribution is 2.22. The van der Waals surface area contributed by atoms with E-state index in [9.17, 15) is 4.79 Å². The smallest absolute Gasteiger partial charge is 0.219 e. The number of likely N-dealkylation sites (tertiary alicyclic amines) is 1. The first-order valence-electron chi connectivity index (χ1n) is 8.98. The Hall–Kier alpha value is -1.39. The molecule has 0 aliphatic carbocycles. The summed E-state index contributed by atoms with van der Waals surface area (Å²) >= 11 is 0. The average molecular weight is 317 g/mol. The molecule has 0 atom stereocenters. The number of nitrogens with one attached hydrogen (secondary N) is 1. The van der Waals surface area contributed by atoms with Crippen LogP contribution in [0.5, 0.6) is 0 Å². The van der Waals surface area contributed by atoms with Crippen LogP contribution >= 0.6 is 0 Å². The van der Waals surface area contributed by atoms with Crippen LogP contribution in [0.3, 0.4) is 0 Å². The van der Waals surface area contributed by atoms with Crippen LogP contribution in [0.4, 0.5) is 0 Å². The van der Waals surface area contributed by atoms with Gasteiger partial charge >= 0.3 is 0 Å². The van der Waals surface area contributed by atoms with E-state index < -0.39 is 0 Å². The molecule has 0 bridgehead atoms. The summed E-state index contributed by atoms with van der Waals surface area (Å²) in [5.41, 5.74) is 8.18. The summed E-state index contributed by atoms with van der Waals surface area (Å²) in [6.45, 7) is 6.87. The number of nitrogens with two attached hydrogens (primary N) is 1. The van der Waals surface area contributed by atoms with Crippen LogP contribution in [0.25, 0.3) is 0 Å². The second kappa shape index (κ2) is 9.68. The third kappa shape index (κ3) is 6.32. The van der Waals surface area contributed by atoms with Crippen molar-refractivity contribution in [1.82, 2.24) is 10.2 Å². The quantitative estimate of drug-likeness (QED) is 0.773. The summed E-state index contributed by atoms with van der Waals surface area (Å²) in [6, 6.07) is 8.66. The first kappa shape index (κ1) is 18.0. The van der Waals surface area contributed by atoms with Crippen LogP contribution in [0.1, 0.15) is 43.7 Å². The normalized spacial score (nSPS) is 16.4. The Morgan fingerprint density at radius 2 is 2.04 bits per heavy atom. The number of carbonyl (C=O) groups is 1. The monoisotopic (exact) mass is 317 g/mol. The number of nitrogens with zero attached hydrogens (tertiary/aromatic N) is 1. The predicted molar refractivity (Wildman–Crippen MR) is 95.1 cm³/mol. The lowest BCUT2D eigenvalue weighted by molar-refractivity contribution is -0.120. The third-order valence-electron chi connectivity index (χ3n) is 4.71. The van der Waals surface area contributed by atoms with Gasteiger partial charge in [0, 0.05) is 13.0 Å². The minimum Gasteiger partial charge on any atom is -0.352 e. The topological polar surface area (TPSA) is 58.4 Å². The second-order valence-electron chi connectivity index (χ2n) is 6.58. The van der Waals surface area contributed by atoms with Crippen LogP contribution in [0, 0.1) is 5.92 Å². The van der Waals surface area contributed by atoms with Crippen LogP contribution in [0.15, 0.2) is 24.3 Å². The van der Waals surface area contributed by atoms with Crippen molar-refractivity contribution < 1.29 is 4.79 Å². The van der Waals surface area contributed by atoms with E-state index in [0.29, 0.717) is 13.0 Å². The van der Waals surface area contributed by atoms with Gasteiger partial charge in [0.1, 0.15) is 0 Å². The van der Waals surface area contributed by atoms with Gasteiger partial charge < -0.3 is 16.0 Å². The van der Waals surface area contributed by atoms with Crippen molar-refractivity contribution >= 4 is 5.91 Å². The van der Waals surface area contributed by atoms with Crippen LogP contribution in [-0.2, 0) is 17.8 Å². The zero-order valence-electron chi connectivity index (χ0n) is 14.4. The van der Waals surface area contributed by atoms with Crippen LogP contribution < -0.4 is 11.1 Å². The van der Waals surface area contributed by atoms with Crippen LogP contribution in [0.2, 0.25) is 0 Å². The molecule has 0 aromatic heterocycles. The average Bonchev–Trinajstić information content (AvgIpc) is 2.59. The lowest BCUT2D eigenvalue weighted by Gasteiger charge is -2.32. The fraction of sp³-hybridized carbons (Fsp3) is 0.632. The number of piperidine rings is 1. The molecular weight excluding hydrogens is 286 g/mol. The largest absolute Gasteiger partial charge is 0.352 e. The Labute approximate surface area is 140 Å². The molecule has 0 unspecified atom stereocenters. The fourth-order valence-corrected chi connectivity index (χ4v) is 3.25. The molecule has 128 valence electrons. The summed E-state index contributed by atoms with van der Waals surface area (Å²) in [4.78, 5) is 13.9. The van der Waals surface area contributed by atoms with Gasteiger partial charge in [0.25, 0.3) is 0 Å². The molecule has 1 saturated heterocycles. The van der Waals surface area contributed by atoms with Gasteiger partial charge in [-0.05, 0) is 68.9 Å². The van der Waals surface area contributed by atoms with Crippen molar-refractivity contribution in [3.63, 3.8) is 0 Å². The Kier molecular flexibility index (Phi) is 7.56.